The third-order valence-corrected chi connectivity index (χ3v) is 3.83. The van der Waals surface area contributed by atoms with E-state index < -0.39 is 0 Å². The summed E-state index contributed by atoms with van der Waals surface area (Å²) in [7, 11) is 0. The molecule has 0 aliphatic heterocycles. The molecule has 3 N–H and O–H groups in total. The van der Waals surface area contributed by atoms with Crippen LogP contribution in [0.5, 0.6) is 17.2 Å². The van der Waals surface area contributed by atoms with E-state index in [1.807, 2.05) is 6.07 Å². The lowest BCUT2D eigenvalue weighted by Gasteiger charge is -2.05. The van der Waals surface area contributed by atoms with Crippen molar-refractivity contribution < 1.29 is 15.3 Å². The Labute approximate surface area is 151 Å². The van der Waals surface area contributed by atoms with Crippen LogP contribution >= 0.6 is 0 Å². The van der Waals surface area contributed by atoms with E-state index in [0.717, 1.165) is 0 Å². The maximum absolute atomic E-state index is 10.2. The van der Waals surface area contributed by atoms with E-state index in [-0.39, 0.29) is 17.2 Å². The van der Waals surface area contributed by atoms with Crippen molar-refractivity contribution in [2.75, 3.05) is 0 Å². The molecule has 0 atom stereocenters. The summed E-state index contributed by atoms with van der Waals surface area (Å²) in [5.41, 5.74) is 2.71. The average molecular weight is 346 g/mol. The van der Waals surface area contributed by atoms with Crippen molar-refractivity contribution in [1.82, 2.24) is 0 Å². The number of aromatic hydroxyl groups is 3. The molecule has 0 amide bonds. The van der Waals surface area contributed by atoms with Gasteiger partial charge in [-0.25, -0.2) is 0 Å². The Morgan fingerprint density at radius 1 is 0.731 bits per heavy atom. The fraction of sp³-hybridized carbons (Fsp3) is 0.0476. The largest absolute Gasteiger partial charge is 0.507 e. The molecule has 0 radical (unpaired) electrons. The maximum atomic E-state index is 10.2. The zero-order valence-electron chi connectivity index (χ0n) is 14.2. The van der Waals surface area contributed by atoms with Crippen molar-refractivity contribution in [2.24, 2.45) is 9.98 Å². The van der Waals surface area contributed by atoms with Crippen molar-refractivity contribution in [2.45, 2.75) is 6.92 Å². The summed E-state index contributed by atoms with van der Waals surface area (Å²) in [4.78, 5) is 8.63. The molecule has 0 spiro atoms. The summed E-state index contributed by atoms with van der Waals surface area (Å²) < 4.78 is 0. The van der Waals surface area contributed by atoms with Gasteiger partial charge in [0, 0.05) is 23.6 Å². The van der Waals surface area contributed by atoms with Gasteiger partial charge in [-0.15, -0.1) is 0 Å². The second-order valence-electron chi connectivity index (χ2n) is 5.76. The van der Waals surface area contributed by atoms with E-state index in [2.05, 4.69) is 9.98 Å². The van der Waals surface area contributed by atoms with Crippen molar-refractivity contribution in [3.05, 3.63) is 77.4 Å². The smallest absolute Gasteiger partial charge is 0.144 e. The summed E-state index contributed by atoms with van der Waals surface area (Å²) in [6.45, 7) is 1.76. The molecule has 0 unspecified atom stereocenters. The maximum Gasteiger partial charge on any atom is 0.144 e. The molecule has 0 aliphatic rings. The van der Waals surface area contributed by atoms with Crippen LogP contribution in [0.4, 0.5) is 11.4 Å². The molecule has 0 heterocycles. The van der Waals surface area contributed by atoms with Crippen LogP contribution in [0, 0.1) is 6.92 Å². The van der Waals surface area contributed by atoms with Crippen molar-refractivity contribution in [3.63, 3.8) is 0 Å². The van der Waals surface area contributed by atoms with E-state index in [4.69, 9.17) is 0 Å². The van der Waals surface area contributed by atoms with E-state index in [1.165, 1.54) is 6.21 Å². The van der Waals surface area contributed by atoms with Crippen LogP contribution < -0.4 is 0 Å². The number of hydrogen-bond acceptors (Lipinski definition) is 5. The Morgan fingerprint density at radius 2 is 1.27 bits per heavy atom. The third kappa shape index (κ3) is 3.89. The fourth-order valence-corrected chi connectivity index (χ4v) is 2.39. The number of para-hydroxylation sites is 2. The minimum atomic E-state index is 0.0539. The molecule has 0 fully saturated rings. The first-order valence-electron chi connectivity index (χ1n) is 8.02. The third-order valence-electron chi connectivity index (χ3n) is 3.83. The van der Waals surface area contributed by atoms with Gasteiger partial charge < -0.3 is 15.3 Å². The van der Waals surface area contributed by atoms with E-state index in [1.54, 1.807) is 67.7 Å². The fourth-order valence-electron chi connectivity index (χ4n) is 2.39. The summed E-state index contributed by atoms with van der Waals surface area (Å²) >= 11 is 0. The van der Waals surface area contributed by atoms with Crippen LogP contribution in [0.25, 0.3) is 0 Å². The minimum Gasteiger partial charge on any atom is -0.507 e. The van der Waals surface area contributed by atoms with Crippen LogP contribution in [0.2, 0.25) is 0 Å². The predicted molar refractivity (Wildman–Crippen MR) is 104 cm³/mol. The lowest BCUT2D eigenvalue weighted by molar-refractivity contribution is 0.472. The molecule has 0 aliphatic carbocycles. The second kappa shape index (κ2) is 7.53. The molecule has 130 valence electrons. The lowest BCUT2D eigenvalue weighted by atomic mass is 10.1. The van der Waals surface area contributed by atoms with Gasteiger partial charge in [0.25, 0.3) is 0 Å². The van der Waals surface area contributed by atoms with Gasteiger partial charge in [-0.1, -0.05) is 24.3 Å². The van der Waals surface area contributed by atoms with Gasteiger partial charge in [0.05, 0.1) is 5.69 Å². The standard InChI is InChI=1S/C21H18N2O3/c1-14-10-17(22-12-15-6-2-4-8-19(15)24)11-18(21(14)26)23-13-16-7-3-5-9-20(16)25/h2-13,24-26H,1H3. The Morgan fingerprint density at radius 3 is 1.85 bits per heavy atom. The topological polar surface area (TPSA) is 85.4 Å². The Hall–Kier alpha value is -3.60. The molecule has 3 aromatic carbocycles. The van der Waals surface area contributed by atoms with E-state index in [0.29, 0.717) is 28.1 Å². The number of phenolic OH excluding ortho intramolecular Hbond substituents is 3. The van der Waals surface area contributed by atoms with Gasteiger partial charge in [-0.3, -0.25) is 9.98 Å². The molecule has 0 saturated heterocycles. The predicted octanol–water partition coefficient (Wildman–Crippen LogP) is 4.61. The summed E-state index contributed by atoms with van der Waals surface area (Å²) in [6, 6.07) is 17.1. The normalized spacial score (nSPS) is 11.4. The van der Waals surface area contributed by atoms with Crippen LogP contribution in [-0.4, -0.2) is 27.7 Å². The molecule has 3 aromatic rings. The molecule has 5 heteroatoms. The minimum absolute atomic E-state index is 0.0539. The molecular weight excluding hydrogens is 328 g/mol. The molecule has 0 aromatic heterocycles. The first-order chi connectivity index (χ1) is 12.5. The van der Waals surface area contributed by atoms with Crippen molar-refractivity contribution in [1.29, 1.82) is 0 Å². The summed E-state index contributed by atoms with van der Waals surface area (Å²) in [5, 5.41) is 29.8. The van der Waals surface area contributed by atoms with Crippen LogP contribution in [-0.2, 0) is 0 Å². The lowest BCUT2D eigenvalue weighted by Crippen LogP contribution is -1.83. The highest BCUT2D eigenvalue weighted by Crippen LogP contribution is 2.35. The Balaban J connectivity index is 1.92. The van der Waals surface area contributed by atoms with Gasteiger partial charge in [0.15, 0.2) is 0 Å². The van der Waals surface area contributed by atoms with Gasteiger partial charge in [-0.2, -0.15) is 0 Å². The molecule has 0 saturated carbocycles. The number of nitrogens with zero attached hydrogens (tertiary/aromatic N) is 2. The van der Waals surface area contributed by atoms with Crippen LogP contribution in [0.3, 0.4) is 0 Å². The monoisotopic (exact) mass is 346 g/mol. The molecule has 3 rings (SSSR count). The number of aliphatic imine (C=N–C) groups is 2. The second-order valence-corrected chi connectivity index (χ2v) is 5.76. The highest BCUT2D eigenvalue weighted by molar-refractivity contribution is 5.87. The van der Waals surface area contributed by atoms with Crippen molar-refractivity contribution in [3.8, 4) is 17.2 Å². The van der Waals surface area contributed by atoms with Gasteiger partial charge in [-0.05, 0) is 48.9 Å². The molecule has 0 bridgehead atoms. The number of rotatable bonds is 4. The zero-order valence-corrected chi connectivity index (χ0v) is 14.2. The highest BCUT2D eigenvalue weighted by Gasteiger charge is 2.06. The average Bonchev–Trinajstić information content (AvgIpc) is 2.63. The number of benzene rings is 3. The first kappa shape index (κ1) is 17.2. The Bertz CT molecular complexity index is 994. The quantitative estimate of drug-likeness (QED) is 0.603. The van der Waals surface area contributed by atoms with Gasteiger partial charge in [0.1, 0.15) is 22.9 Å². The van der Waals surface area contributed by atoms with E-state index >= 15 is 0 Å². The number of hydrogen-bond donors (Lipinski definition) is 3. The summed E-state index contributed by atoms with van der Waals surface area (Å²) in [5.74, 6) is 0.309. The number of aryl methyl sites for hydroxylation is 1. The molecule has 26 heavy (non-hydrogen) atoms. The molecule has 5 nitrogen and oxygen atoms in total. The highest BCUT2D eigenvalue weighted by atomic mass is 16.3. The van der Waals surface area contributed by atoms with Gasteiger partial charge >= 0.3 is 0 Å². The first-order valence-corrected chi connectivity index (χ1v) is 8.02. The van der Waals surface area contributed by atoms with Gasteiger partial charge in [0.2, 0.25) is 0 Å². The number of phenols is 3. The van der Waals surface area contributed by atoms with Crippen molar-refractivity contribution >= 4 is 23.8 Å². The zero-order chi connectivity index (χ0) is 18.5. The van der Waals surface area contributed by atoms with E-state index in [9.17, 15) is 15.3 Å². The summed E-state index contributed by atoms with van der Waals surface area (Å²) in [6.07, 6.45) is 3.04. The Kier molecular flexibility index (Phi) is 4.99. The SMILES string of the molecule is Cc1cc(N=Cc2ccccc2O)cc(N=Cc2ccccc2O)c1O. The van der Waals surface area contributed by atoms with Crippen LogP contribution in [0.1, 0.15) is 16.7 Å². The van der Waals surface area contributed by atoms with Crippen LogP contribution in [0.15, 0.2) is 70.6 Å². The molecular formula is C21H18N2O3.